The van der Waals surface area contributed by atoms with E-state index in [4.69, 9.17) is 10.00 Å². The van der Waals surface area contributed by atoms with Gasteiger partial charge in [0.05, 0.1) is 30.2 Å². The standard InChI is InChI=1S/C18H19N3O3/c19-9-13-4-6-16(7-5-13)24-11-15(22)10-21-12-20-17(8-18(21)23)14-2-1-3-14/h4-8,12,14-15,22H,1-3,10-11H2. The molecule has 1 heterocycles. The van der Waals surface area contributed by atoms with Gasteiger partial charge in [-0.25, -0.2) is 4.98 Å². The molecule has 24 heavy (non-hydrogen) atoms. The molecule has 1 aliphatic carbocycles. The smallest absolute Gasteiger partial charge is 0.253 e. The Bertz CT molecular complexity index is 788. The lowest BCUT2D eigenvalue weighted by Gasteiger charge is -2.24. The van der Waals surface area contributed by atoms with Crippen molar-refractivity contribution in [1.29, 1.82) is 5.26 Å². The van der Waals surface area contributed by atoms with Crippen molar-refractivity contribution in [2.45, 2.75) is 37.8 Å². The predicted octanol–water partition coefficient (Wildman–Crippen LogP) is 1.82. The number of aliphatic hydroxyl groups is 1. The molecule has 0 aliphatic heterocycles. The zero-order valence-electron chi connectivity index (χ0n) is 13.3. The molecule has 3 rings (SSSR count). The van der Waals surface area contributed by atoms with Crippen LogP contribution in [0.2, 0.25) is 0 Å². The second kappa shape index (κ2) is 7.28. The fraction of sp³-hybridized carbons (Fsp3) is 0.389. The molecule has 2 aromatic rings. The van der Waals surface area contributed by atoms with Crippen molar-refractivity contribution in [1.82, 2.24) is 9.55 Å². The molecule has 1 fully saturated rings. The minimum Gasteiger partial charge on any atom is -0.491 e. The molecule has 0 radical (unpaired) electrons. The van der Waals surface area contributed by atoms with Gasteiger partial charge in [-0.2, -0.15) is 5.26 Å². The van der Waals surface area contributed by atoms with Crippen LogP contribution in [0.3, 0.4) is 0 Å². The summed E-state index contributed by atoms with van der Waals surface area (Å²) in [5.74, 6) is 0.982. The Morgan fingerprint density at radius 3 is 2.71 bits per heavy atom. The second-order valence-electron chi connectivity index (χ2n) is 6.03. The van der Waals surface area contributed by atoms with Crippen LogP contribution in [0.25, 0.3) is 0 Å². The Balaban J connectivity index is 1.55. The summed E-state index contributed by atoms with van der Waals surface area (Å²) in [6.07, 6.45) is 4.06. The fourth-order valence-corrected chi connectivity index (χ4v) is 2.60. The van der Waals surface area contributed by atoms with Gasteiger partial charge < -0.3 is 9.84 Å². The Kier molecular flexibility index (Phi) is 4.92. The lowest BCUT2D eigenvalue weighted by molar-refractivity contribution is 0.0912. The summed E-state index contributed by atoms with van der Waals surface area (Å²) in [6, 6.07) is 10.2. The van der Waals surface area contributed by atoms with E-state index in [1.165, 1.54) is 17.3 Å². The summed E-state index contributed by atoms with van der Waals surface area (Å²) in [7, 11) is 0. The molecule has 1 unspecified atom stereocenters. The Hall–Kier alpha value is -2.65. The van der Waals surface area contributed by atoms with Crippen molar-refractivity contribution in [3.05, 3.63) is 58.3 Å². The number of aromatic nitrogens is 2. The minimum atomic E-state index is -0.824. The Morgan fingerprint density at radius 2 is 2.12 bits per heavy atom. The van der Waals surface area contributed by atoms with Crippen LogP contribution in [-0.2, 0) is 6.54 Å². The largest absolute Gasteiger partial charge is 0.491 e. The quantitative estimate of drug-likeness (QED) is 0.875. The average molecular weight is 325 g/mol. The molecule has 1 aliphatic rings. The number of hydrogen-bond donors (Lipinski definition) is 1. The van der Waals surface area contributed by atoms with E-state index in [1.807, 2.05) is 6.07 Å². The molecule has 0 amide bonds. The summed E-state index contributed by atoms with van der Waals surface area (Å²) in [6.45, 7) is 0.190. The molecule has 1 N–H and O–H groups in total. The van der Waals surface area contributed by atoms with Gasteiger partial charge in [-0.1, -0.05) is 6.42 Å². The van der Waals surface area contributed by atoms with Gasteiger partial charge in [0.1, 0.15) is 18.5 Å². The van der Waals surface area contributed by atoms with E-state index in [0.717, 1.165) is 18.5 Å². The maximum atomic E-state index is 12.1. The summed E-state index contributed by atoms with van der Waals surface area (Å²) in [5, 5.41) is 18.8. The van der Waals surface area contributed by atoms with Crippen LogP contribution in [0, 0.1) is 11.3 Å². The fourth-order valence-electron chi connectivity index (χ4n) is 2.60. The van der Waals surface area contributed by atoms with Crippen LogP contribution < -0.4 is 10.3 Å². The number of rotatable bonds is 6. The van der Waals surface area contributed by atoms with E-state index >= 15 is 0 Å². The van der Waals surface area contributed by atoms with Gasteiger partial charge in [-0.05, 0) is 37.1 Å². The molecule has 6 nitrogen and oxygen atoms in total. The molecule has 6 heteroatoms. The van der Waals surface area contributed by atoms with Crippen LogP contribution in [0.4, 0.5) is 0 Å². The third kappa shape index (κ3) is 3.81. The molecule has 0 bridgehead atoms. The molecular formula is C18H19N3O3. The highest BCUT2D eigenvalue weighted by Crippen LogP contribution is 2.34. The number of benzene rings is 1. The van der Waals surface area contributed by atoms with Crippen LogP contribution in [-0.4, -0.2) is 27.4 Å². The number of ether oxygens (including phenoxy) is 1. The van der Waals surface area contributed by atoms with Gasteiger partial charge >= 0.3 is 0 Å². The molecular weight excluding hydrogens is 306 g/mol. The average Bonchev–Trinajstić information content (AvgIpc) is 2.54. The van der Waals surface area contributed by atoms with Crippen LogP contribution >= 0.6 is 0 Å². The number of aliphatic hydroxyl groups excluding tert-OH is 1. The number of nitrogens with zero attached hydrogens (tertiary/aromatic N) is 3. The van der Waals surface area contributed by atoms with Gasteiger partial charge in [0.25, 0.3) is 5.56 Å². The Morgan fingerprint density at radius 1 is 1.38 bits per heavy atom. The van der Waals surface area contributed by atoms with Crippen LogP contribution in [0.1, 0.15) is 36.4 Å². The monoisotopic (exact) mass is 325 g/mol. The van der Waals surface area contributed by atoms with Crippen molar-refractivity contribution in [3.63, 3.8) is 0 Å². The molecule has 0 spiro atoms. The summed E-state index contributed by atoms with van der Waals surface area (Å²) in [4.78, 5) is 16.4. The molecule has 124 valence electrons. The lowest BCUT2D eigenvalue weighted by Crippen LogP contribution is -2.31. The molecule has 1 aromatic heterocycles. The van der Waals surface area contributed by atoms with E-state index in [1.54, 1.807) is 30.3 Å². The second-order valence-corrected chi connectivity index (χ2v) is 6.03. The van der Waals surface area contributed by atoms with Crippen LogP contribution in [0.15, 0.2) is 41.5 Å². The van der Waals surface area contributed by atoms with Gasteiger partial charge in [0, 0.05) is 12.0 Å². The first-order chi connectivity index (χ1) is 11.7. The molecule has 0 saturated heterocycles. The first-order valence-corrected chi connectivity index (χ1v) is 8.03. The van der Waals surface area contributed by atoms with E-state index in [9.17, 15) is 9.90 Å². The van der Waals surface area contributed by atoms with E-state index in [2.05, 4.69) is 4.98 Å². The zero-order valence-corrected chi connectivity index (χ0v) is 13.3. The third-order valence-electron chi connectivity index (χ3n) is 4.26. The topological polar surface area (TPSA) is 88.1 Å². The first-order valence-electron chi connectivity index (χ1n) is 8.03. The van der Waals surface area contributed by atoms with Gasteiger partial charge in [0.15, 0.2) is 0 Å². The normalized spacial score (nSPS) is 15.3. The Labute approximate surface area is 140 Å². The van der Waals surface area contributed by atoms with Gasteiger partial charge in [-0.3, -0.25) is 9.36 Å². The minimum absolute atomic E-state index is 0.0583. The third-order valence-corrected chi connectivity index (χ3v) is 4.26. The van der Waals surface area contributed by atoms with Gasteiger partial charge in [-0.15, -0.1) is 0 Å². The van der Waals surface area contributed by atoms with Crippen molar-refractivity contribution in [3.8, 4) is 11.8 Å². The lowest BCUT2D eigenvalue weighted by atomic mass is 9.83. The van der Waals surface area contributed by atoms with Crippen LogP contribution in [0.5, 0.6) is 5.75 Å². The molecule has 1 saturated carbocycles. The van der Waals surface area contributed by atoms with Crippen molar-refractivity contribution in [2.75, 3.05) is 6.61 Å². The van der Waals surface area contributed by atoms with Crippen molar-refractivity contribution < 1.29 is 9.84 Å². The molecule has 1 atom stereocenters. The highest BCUT2D eigenvalue weighted by atomic mass is 16.5. The highest BCUT2D eigenvalue weighted by Gasteiger charge is 2.21. The highest BCUT2D eigenvalue weighted by molar-refractivity contribution is 5.34. The maximum Gasteiger partial charge on any atom is 0.253 e. The summed E-state index contributed by atoms with van der Waals surface area (Å²) in [5.41, 5.74) is 1.25. The molecule has 1 aromatic carbocycles. The van der Waals surface area contributed by atoms with Crippen molar-refractivity contribution in [2.24, 2.45) is 0 Å². The first kappa shape index (κ1) is 16.2. The maximum absolute atomic E-state index is 12.1. The summed E-state index contributed by atoms with van der Waals surface area (Å²) >= 11 is 0. The van der Waals surface area contributed by atoms with E-state index in [-0.39, 0.29) is 18.7 Å². The SMILES string of the molecule is N#Cc1ccc(OCC(O)Cn2cnc(C3CCC3)cc2=O)cc1. The van der Waals surface area contributed by atoms with E-state index in [0.29, 0.717) is 17.2 Å². The van der Waals surface area contributed by atoms with E-state index < -0.39 is 6.10 Å². The number of hydrogen-bond acceptors (Lipinski definition) is 5. The number of nitriles is 1. The zero-order chi connectivity index (χ0) is 16.9. The van der Waals surface area contributed by atoms with Gasteiger partial charge in [0.2, 0.25) is 0 Å². The predicted molar refractivity (Wildman–Crippen MR) is 87.7 cm³/mol. The summed E-state index contributed by atoms with van der Waals surface area (Å²) < 4.78 is 6.87. The van der Waals surface area contributed by atoms with Crippen molar-refractivity contribution >= 4 is 0 Å².